The Kier molecular flexibility index (Phi) is 29.4. The predicted octanol–water partition coefficient (Wildman–Crippen LogP) is 17.5. The Balaban J connectivity index is 0.000000150. The molecule has 0 N–H and O–H groups in total. The Bertz CT molecular complexity index is 5640. The highest BCUT2D eigenvalue weighted by Crippen LogP contribution is 2.33. The van der Waals surface area contributed by atoms with Crippen molar-refractivity contribution in [2.45, 2.75) is 6.92 Å². The van der Waals surface area contributed by atoms with Gasteiger partial charge in [-0.1, -0.05) is 185 Å². The molecule has 7 aliphatic carbocycles. The molecule has 15 rings (SSSR count). The summed E-state index contributed by atoms with van der Waals surface area (Å²) in [5.41, 5.74) is 8.45. The minimum atomic E-state index is -0.247. The number of ether oxygens (including phenoxy) is 2. The molecule has 0 heterocycles. The first-order chi connectivity index (χ1) is 53.8. The predicted molar refractivity (Wildman–Crippen MR) is 434 cm³/mol. The lowest BCUT2D eigenvalue weighted by molar-refractivity contribution is -0.113. The Morgan fingerprint density at radius 3 is 1.03 bits per heavy atom. The zero-order chi connectivity index (χ0) is 80.5. The summed E-state index contributed by atoms with van der Waals surface area (Å²) < 4.78 is 10.3. The zero-order valence-corrected chi connectivity index (χ0v) is 62.9. The van der Waals surface area contributed by atoms with Gasteiger partial charge in [-0.15, -0.1) is 0 Å². The van der Waals surface area contributed by atoms with Crippen LogP contribution in [0.4, 0.5) is 0 Å². The molecule has 0 aromatic heterocycles. The summed E-state index contributed by atoms with van der Waals surface area (Å²) in [6.07, 6.45) is 24.6. The van der Waals surface area contributed by atoms with Crippen LogP contribution in [0.5, 0.6) is 11.5 Å². The lowest BCUT2D eigenvalue weighted by Gasteiger charge is -2.14. The molecule has 0 radical (unpaired) electrons. The Hall–Kier alpha value is -13.2. The monoisotopic (exact) mass is 1580 g/mol. The van der Waals surface area contributed by atoms with E-state index in [0.717, 1.165) is 33.8 Å². The van der Waals surface area contributed by atoms with E-state index in [2.05, 4.69) is 0 Å². The molecule has 0 amide bonds. The van der Waals surface area contributed by atoms with Crippen molar-refractivity contribution in [3.05, 3.63) is 385 Å². The molecule has 0 bridgehead atoms. The fourth-order valence-electron chi connectivity index (χ4n) is 10.9. The SMILES string of the molecule is CCOc1ccc(C2=CC(=O)C=CC2=O)cc1.COc1ccc(C2=CC(=O)C=CC2=O)cc1.O=C1C=C(c2ccccc2)C(=O)c2ccccc21.O=C1C=CC(=O)C(c2cc(Cl)ccc2Cl)=C1.O=C1C=CC(=O)C(c2ccc(Cl)cc2Cl)=C1.O=C1C=CC(=O)C(c2cccc(Cl)c2)=C1.O=C1C=CC(=O)C(c2ccccc2)=C1. The molecule has 0 fully saturated rings. The van der Waals surface area contributed by atoms with Crippen LogP contribution in [0.15, 0.2) is 310 Å². The Labute approximate surface area is 667 Å². The van der Waals surface area contributed by atoms with Gasteiger partial charge >= 0.3 is 0 Å². The molecule has 112 heavy (non-hydrogen) atoms. The topological polar surface area (TPSA) is 257 Å². The van der Waals surface area contributed by atoms with Gasteiger partial charge in [0.25, 0.3) is 0 Å². The maximum absolute atomic E-state index is 12.3. The van der Waals surface area contributed by atoms with Gasteiger partial charge in [0, 0.05) is 81.4 Å². The van der Waals surface area contributed by atoms with Crippen molar-refractivity contribution in [2.75, 3.05) is 13.7 Å². The van der Waals surface area contributed by atoms with E-state index in [9.17, 15) is 67.1 Å². The molecule has 0 saturated carbocycles. The molecule has 0 atom stereocenters. The number of benzene rings is 8. The van der Waals surface area contributed by atoms with E-state index in [-0.39, 0.29) is 86.5 Å². The number of carbonyl (C=O) groups excluding carboxylic acids is 14. The minimum absolute atomic E-state index is 0.0867. The molecule has 16 nitrogen and oxygen atoms in total. The molecule has 8 aromatic carbocycles. The lowest BCUT2D eigenvalue weighted by atomic mass is 9.86. The third-order valence-electron chi connectivity index (χ3n) is 16.3. The Morgan fingerprint density at radius 1 is 0.250 bits per heavy atom. The van der Waals surface area contributed by atoms with Gasteiger partial charge < -0.3 is 9.47 Å². The summed E-state index contributed by atoms with van der Waals surface area (Å²) in [5.74, 6) is -0.867. The van der Waals surface area contributed by atoms with Crippen molar-refractivity contribution < 1.29 is 76.6 Å². The van der Waals surface area contributed by atoms with Crippen molar-refractivity contribution in [3.8, 4) is 11.5 Å². The van der Waals surface area contributed by atoms with Crippen LogP contribution in [0.2, 0.25) is 25.1 Å². The quantitative estimate of drug-likeness (QED) is 0.115. The van der Waals surface area contributed by atoms with Crippen molar-refractivity contribution in [1.29, 1.82) is 0 Å². The molecule has 0 saturated heterocycles. The highest BCUT2D eigenvalue weighted by atomic mass is 35.5. The van der Waals surface area contributed by atoms with E-state index in [1.165, 1.54) is 122 Å². The Morgan fingerprint density at radius 2 is 0.598 bits per heavy atom. The summed E-state index contributed by atoms with van der Waals surface area (Å²) in [7, 11) is 1.58. The maximum atomic E-state index is 12.3. The third kappa shape index (κ3) is 22.9. The zero-order valence-electron chi connectivity index (χ0n) is 59.1. The number of carbonyl (C=O) groups is 14. The molecular formula is C91H59Cl5O16. The van der Waals surface area contributed by atoms with E-state index < -0.39 is 0 Å². The average molecular weight is 1590 g/mol. The fourth-order valence-corrected chi connectivity index (χ4v) is 12.0. The minimum Gasteiger partial charge on any atom is -0.497 e. The smallest absolute Gasteiger partial charge is 0.194 e. The number of rotatable bonds is 10. The van der Waals surface area contributed by atoms with E-state index in [4.69, 9.17) is 67.5 Å². The molecule has 21 heteroatoms. The first-order valence-electron chi connectivity index (χ1n) is 33.7. The van der Waals surface area contributed by atoms with Crippen molar-refractivity contribution >= 4 is 178 Å². The van der Waals surface area contributed by atoms with Crippen LogP contribution in [-0.2, 0) is 57.5 Å². The largest absolute Gasteiger partial charge is 0.497 e. The average Bonchev–Trinajstić information content (AvgIpc) is 0.784. The number of hydrogen-bond acceptors (Lipinski definition) is 16. The van der Waals surface area contributed by atoms with Crippen LogP contribution in [-0.4, -0.2) is 94.7 Å². The molecule has 0 spiro atoms. The van der Waals surface area contributed by atoms with Gasteiger partial charge in [-0.3, -0.25) is 67.1 Å². The highest BCUT2D eigenvalue weighted by Gasteiger charge is 2.27. The van der Waals surface area contributed by atoms with E-state index >= 15 is 0 Å². The van der Waals surface area contributed by atoms with Gasteiger partial charge in [0.15, 0.2) is 81.0 Å². The van der Waals surface area contributed by atoms with E-state index in [1.54, 1.807) is 135 Å². The van der Waals surface area contributed by atoms with Gasteiger partial charge in [0.05, 0.1) is 18.7 Å². The standard InChI is InChI=1S/C16H10O2.C14H12O3.C13H10O3.2C12H6Cl2O2.C12H7ClO2.C12H8O2/c17-15-10-14(11-6-2-1-3-7-11)16(18)13-9-5-4-8-12(13)15;1-2-17-12-6-3-10(4-7-12)13-9-11(15)5-8-14(13)16;1-16-11-5-2-9(3-6-11)12-8-10(14)4-7-13(12)15;13-7-1-3-11(14)9(5-7)10-6-8(15)2-4-12(10)16;13-7-1-3-9(11(14)5-7)10-6-8(15)2-4-12(10)16;13-9-3-1-2-8(6-9)11-7-10(14)4-5-12(11)15;13-10-6-7-12(14)11(8-10)9-4-2-1-3-5-9/h1-10H;3-9H,2H2,1H3;2-8H,1H3;2*1-6H;1-7H;1-8H. The summed E-state index contributed by atoms with van der Waals surface area (Å²) in [6, 6.07) is 56.0. The molecule has 0 aliphatic heterocycles. The van der Waals surface area contributed by atoms with Crippen molar-refractivity contribution in [3.63, 3.8) is 0 Å². The van der Waals surface area contributed by atoms with E-state index in [1.807, 2.05) is 67.6 Å². The first-order valence-corrected chi connectivity index (χ1v) is 35.6. The molecule has 0 unspecified atom stereocenters. The number of hydrogen-bond donors (Lipinski definition) is 0. The number of ketones is 14. The maximum Gasteiger partial charge on any atom is 0.194 e. The van der Waals surface area contributed by atoms with Gasteiger partial charge in [-0.05, 0) is 217 Å². The van der Waals surface area contributed by atoms with Gasteiger partial charge in [0.2, 0.25) is 0 Å². The van der Waals surface area contributed by atoms with Crippen LogP contribution in [0, 0.1) is 0 Å². The van der Waals surface area contributed by atoms with Crippen LogP contribution in [0.1, 0.15) is 66.6 Å². The molecular weight excluding hydrogens is 1530 g/mol. The number of fused-ring (bicyclic) bond motifs is 1. The third-order valence-corrected chi connectivity index (χ3v) is 17.6. The van der Waals surface area contributed by atoms with Gasteiger partial charge in [-0.2, -0.15) is 0 Å². The summed E-state index contributed by atoms with van der Waals surface area (Å²) in [6.45, 7) is 2.51. The second kappa shape index (κ2) is 39.8. The highest BCUT2D eigenvalue weighted by molar-refractivity contribution is 6.43. The first kappa shape index (κ1) is 82.9. The van der Waals surface area contributed by atoms with Crippen LogP contribution >= 0.6 is 58.0 Å². The van der Waals surface area contributed by atoms with Crippen molar-refractivity contribution in [1.82, 2.24) is 0 Å². The fraction of sp³-hybridized carbons (Fsp3) is 0.0330. The van der Waals surface area contributed by atoms with Crippen LogP contribution in [0.3, 0.4) is 0 Å². The second-order valence-corrected chi connectivity index (χ2v) is 26.0. The van der Waals surface area contributed by atoms with E-state index in [0.29, 0.717) is 93.0 Å². The van der Waals surface area contributed by atoms with Crippen LogP contribution < -0.4 is 9.47 Å². The van der Waals surface area contributed by atoms with Gasteiger partial charge in [0.1, 0.15) is 11.5 Å². The van der Waals surface area contributed by atoms with Crippen LogP contribution in [0.25, 0.3) is 39.0 Å². The molecule has 8 aromatic rings. The normalized spacial score (nSPS) is 15.0. The number of halogens is 5. The number of methoxy groups -OCH3 is 1. The lowest BCUT2D eigenvalue weighted by Crippen LogP contribution is -2.15. The number of allylic oxidation sites excluding steroid dienone is 26. The summed E-state index contributed by atoms with van der Waals surface area (Å²) in [5, 5.41) is 2.25. The summed E-state index contributed by atoms with van der Waals surface area (Å²) in [4.78, 5) is 161. The molecule has 554 valence electrons. The summed E-state index contributed by atoms with van der Waals surface area (Å²) >= 11 is 29.3. The van der Waals surface area contributed by atoms with Gasteiger partial charge in [-0.25, -0.2) is 0 Å². The number of Topliss-reactive ketones (excluding diaryl/α,β-unsaturated/α-hetero) is 1. The second-order valence-electron chi connectivity index (χ2n) is 23.9. The molecule has 7 aliphatic rings. The van der Waals surface area contributed by atoms with Crippen molar-refractivity contribution in [2.24, 2.45) is 0 Å².